The van der Waals surface area contributed by atoms with Crippen LogP contribution in [-0.2, 0) is 4.74 Å². The molecule has 0 aromatic rings. The van der Waals surface area contributed by atoms with Crippen molar-refractivity contribution in [2.45, 2.75) is 13.0 Å². The number of hydrogen-bond donors (Lipinski definition) is 2. The summed E-state index contributed by atoms with van der Waals surface area (Å²) in [5, 5.41) is 0. The maximum atomic E-state index is 5.25. The Kier molecular flexibility index (Phi) is 4.95. The molecule has 8 heavy (non-hydrogen) atoms. The van der Waals surface area contributed by atoms with E-state index in [0.717, 1.165) is 0 Å². The molecule has 3 nitrogen and oxygen atoms in total. The third-order valence-corrected chi connectivity index (χ3v) is 0.852. The lowest BCUT2D eigenvalue weighted by Gasteiger charge is -2.07. The Hall–Kier alpha value is -0.120. The number of hydrogen-bond acceptors (Lipinski definition) is 3. The van der Waals surface area contributed by atoms with Gasteiger partial charge in [0.25, 0.3) is 0 Å². The van der Waals surface area contributed by atoms with E-state index in [-0.39, 0.29) is 6.10 Å². The summed E-state index contributed by atoms with van der Waals surface area (Å²) < 4.78 is 5.09. The predicted octanol–water partition coefficient (Wildman–Crippen LogP) is -0.691. The summed E-state index contributed by atoms with van der Waals surface area (Å²) in [4.78, 5) is 0. The summed E-state index contributed by atoms with van der Waals surface area (Å²) in [6.07, 6.45) is 0.151. The average molecular weight is 118 g/mol. The van der Waals surface area contributed by atoms with Crippen LogP contribution in [0.2, 0.25) is 0 Å². The maximum Gasteiger partial charge on any atom is 0.0669 e. The lowest BCUT2D eigenvalue weighted by Crippen LogP contribution is -2.23. The van der Waals surface area contributed by atoms with Crippen molar-refractivity contribution in [1.82, 2.24) is 0 Å². The maximum absolute atomic E-state index is 5.25. The minimum Gasteiger partial charge on any atom is -0.376 e. The molecule has 0 rings (SSSR count). The molecule has 0 radical (unpaired) electrons. The van der Waals surface area contributed by atoms with Crippen LogP contribution in [0.3, 0.4) is 0 Å². The molecule has 0 bridgehead atoms. The molecule has 0 aromatic carbocycles. The van der Waals surface area contributed by atoms with E-state index >= 15 is 0 Å². The monoisotopic (exact) mass is 118 g/mol. The summed E-state index contributed by atoms with van der Waals surface area (Å²) in [5.41, 5.74) is 10.4. The molecule has 3 heteroatoms. The molecule has 4 N–H and O–H groups in total. The van der Waals surface area contributed by atoms with Crippen molar-refractivity contribution in [3.63, 3.8) is 0 Å². The SMILES string of the molecule is CC(CN)OCCN. The second kappa shape index (κ2) is 5.03. The predicted molar refractivity (Wildman–Crippen MR) is 33.5 cm³/mol. The van der Waals surface area contributed by atoms with E-state index in [1.54, 1.807) is 0 Å². The van der Waals surface area contributed by atoms with Crippen LogP contribution in [-0.4, -0.2) is 25.8 Å². The molecular formula is C5H14N2O. The molecule has 1 atom stereocenters. The normalized spacial score (nSPS) is 13.9. The Balaban J connectivity index is 2.86. The molecule has 50 valence electrons. The molecule has 0 aliphatic rings. The number of ether oxygens (including phenoxy) is 1. The number of rotatable bonds is 4. The summed E-state index contributed by atoms with van der Waals surface area (Å²) in [6.45, 7) is 3.68. The molecule has 0 spiro atoms. The van der Waals surface area contributed by atoms with Crippen LogP contribution >= 0.6 is 0 Å². The Morgan fingerprint density at radius 3 is 2.50 bits per heavy atom. The Labute approximate surface area is 50.0 Å². The van der Waals surface area contributed by atoms with Gasteiger partial charge < -0.3 is 16.2 Å². The van der Waals surface area contributed by atoms with E-state index in [9.17, 15) is 0 Å². The quantitative estimate of drug-likeness (QED) is 0.513. The summed E-state index contributed by atoms with van der Waals surface area (Å²) in [7, 11) is 0. The Bertz CT molecular complexity index is 49.7. The third kappa shape index (κ3) is 4.05. The van der Waals surface area contributed by atoms with Crippen molar-refractivity contribution in [3.8, 4) is 0 Å². The van der Waals surface area contributed by atoms with Crippen LogP contribution in [0.5, 0.6) is 0 Å². The Morgan fingerprint density at radius 2 is 2.12 bits per heavy atom. The second-order valence-electron chi connectivity index (χ2n) is 1.71. The van der Waals surface area contributed by atoms with Crippen LogP contribution in [0.15, 0.2) is 0 Å². The lowest BCUT2D eigenvalue weighted by molar-refractivity contribution is 0.0780. The minimum absolute atomic E-state index is 0.151. The fraction of sp³-hybridized carbons (Fsp3) is 1.00. The van der Waals surface area contributed by atoms with Crippen LogP contribution in [0, 0.1) is 0 Å². The highest BCUT2D eigenvalue weighted by Crippen LogP contribution is 1.83. The van der Waals surface area contributed by atoms with Crippen LogP contribution < -0.4 is 11.5 Å². The number of nitrogens with two attached hydrogens (primary N) is 2. The molecule has 1 unspecified atom stereocenters. The van der Waals surface area contributed by atoms with Gasteiger partial charge in [0.2, 0.25) is 0 Å². The molecule has 0 aliphatic carbocycles. The first-order valence-electron chi connectivity index (χ1n) is 2.83. The highest BCUT2D eigenvalue weighted by molar-refractivity contribution is 4.47. The van der Waals surface area contributed by atoms with E-state index in [2.05, 4.69) is 0 Å². The van der Waals surface area contributed by atoms with Gasteiger partial charge in [0.05, 0.1) is 12.7 Å². The van der Waals surface area contributed by atoms with Crippen LogP contribution in [0.4, 0.5) is 0 Å². The zero-order chi connectivity index (χ0) is 6.41. The molecule has 0 aliphatic heterocycles. The Morgan fingerprint density at radius 1 is 1.50 bits per heavy atom. The molecule has 0 aromatic heterocycles. The van der Waals surface area contributed by atoms with E-state index in [4.69, 9.17) is 16.2 Å². The summed E-state index contributed by atoms with van der Waals surface area (Å²) in [6, 6.07) is 0. The van der Waals surface area contributed by atoms with Gasteiger partial charge in [0, 0.05) is 13.1 Å². The topological polar surface area (TPSA) is 61.3 Å². The third-order valence-electron chi connectivity index (χ3n) is 0.852. The molecule has 0 fully saturated rings. The van der Waals surface area contributed by atoms with Gasteiger partial charge in [-0.2, -0.15) is 0 Å². The highest BCUT2D eigenvalue weighted by Gasteiger charge is 1.94. The van der Waals surface area contributed by atoms with Gasteiger partial charge in [-0.15, -0.1) is 0 Å². The smallest absolute Gasteiger partial charge is 0.0669 e. The van der Waals surface area contributed by atoms with E-state index in [1.165, 1.54) is 0 Å². The molecule has 0 saturated heterocycles. The van der Waals surface area contributed by atoms with Gasteiger partial charge >= 0.3 is 0 Å². The van der Waals surface area contributed by atoms with Crippen molar-refractivity contribution in [3.05, 3.63) is 0 Å². The molecule has 0 amide bonds. The zero-order valence-electron chi connectivity index (χ0n) is 5.26. The fourth-order valence-electron chi connectivity index (χ4n) is 0.337. The first-order valence-corrected chi connectivity index (χ1v) is 2.83. The largest absolute Gasteiger partial charge is 0.376 e. The van der Waals surface area contributed by atoms with E-state index in [0.29, 0.717) is 19.7 Å². The molecule has 0 saturated carbocycles. The average Bonchev–Trinajstić information content (AvgIpc) is 1.83. The zero-order valence-corrected chi connectivity index (χ0v) is 5.26. The van der Waals surface area contributed by atoms with Crippen molar-refractivity contribution < 1.29 is 4.74 Å². The van der Waals surface area contributed by atoms with Crippen molar-refractivity contribution in [2.24, 2.45) is 11.5 Å². The molecular weight excluding hydrogens is 104 g/mol. The van der Waals surface area contributed by atoms with Crippen LogP contribution in [0.25, 0.3) is 0 Å². The first kappa shape index (κ1) is 7.88. The van der Waals surface area contributed by atoms with Crippen molar-refractivity contribution in [1.29, 1.82) is 0 Å². The lowest BCUT2D eigenvalue weighted by atomic mass is 10.4. The standard InChI is InChI=1S/C5H14N2O/c1-5(4-7)8-3-2-6/h5H,2-4,6-7H2,1H3. The van der Waals surface area contributed by atoms with Gasteiger partial charge in [-0.25, -0.2) is 0 Å². The molecule has 0 heterocycles. The minimum atomic E-state index is 0.151. The van der Waals surface area contributed by atoms with Gasteiger partial charge in [-0.05, 0) is 6.92 Å². The van der Waals surface area contributed by atoms with E-state index in [1.807, 2.05) is 6.92 Å². The van der Waals surface area contributed by atoms with Gasteiger partial charge in [-0.3, -0.25) is 0 Å². The fourth-order valence-corrected chi connectivity index (χ4v) is 0.337. The van der Waals surface area contributed by atoms with Gasteiger partial charge in [0.15, 0.2) is 0 Å². The van der Waals surface area contributed by atoms with Crippen LogP contribution in [0.1, 0.15) is 6.92 Å². The highest BCUT2D eigenvalue weighted by atomic mass is 16.5. The summed E-state index contributed by atoms with van der Waals surface area (Å²) in [5.74, 6) is 0. The van der Waals surface area contributed by atoms with Crippen molar-refractivity contribution in [2.75, 3.05) is 19.7 Å². The summed E-state index contributed by atoms with van der Waals surface area (Å²) >= 11 is 0. The van der Waals surface area contributed by atoms with Gasteiger partial charge in [-0.1, -0.05) is 0 Å². The van der Waals surface area contributed by atoms with E-state index < -0.39 is 0 Å². The second-order valence-corrected chi connectivity index (χ2v) is 1.71. The first-order chi connectivity index (χ1) is 3.81. The van der Waals surface area contributed by atoms with Gasteiger partial charge in [0.1, 0.15) is 0 Å². The van der Waals surface area contributed by atoms with Crippen molar-refractivity contribution >= 4 is 0 Å².